The third kappa shape index (κ3) is 1.10. The number of methoxy groups -OCH3 is 1. The van der Waals surface area contributed by atoms with Crippen molar-refractivity contribution in [1.82, 2.24) is 0 Å². The van der Waals surface area contributed by atoms with E-state index in [0.29, 0.717) is 0 Å². The van der Waals surface area contributed by atoms with Gasteiger partial charge in [-0.05, 0) is 0 Å². The predicted molar refractivity (Wildman–Crippen MR) is 31.7 cm³/mol. The first kappa shape index (κ1) is 6.67. The van der Waals surface area contributed by atoms with Crippen LogP contribution in [0.3, 0.4) is 0 Å². The van der Waals surface area contributed by atoms with Gasteiger partial charge in [0.15, 0.2) is 5.75 Å². The number of esters is 1. The number of carbonyl (C=O) groups excluding carboxylic acids is 1. The van der Waals surface area contributed by atoms with Crippen LogP contribution in [0.4, 0.5) is 0 Å². The monoisotopic (exact) mass is 142 g/mol. The second-order valence-electron chi connectivity index (χ2n) is 1.66. The van der Waals surface area contributed by atoms with E-state index in [1.54, 1.807) is 0 Å². The smallest absolute Gasteiger partial charge is 0.374 e. The number of furan rings is 1. The van der Waals surface area contributed by atoms with E-state index in [1.807, 2.05) is 0 Å². The normalized spacial score (nSPS) is 9.30. The van der Waals surface area contributed by atoms with Gasteiger partial charge in [-0.25, -0.2) is 4.79 Å². The van der Waals surface area contributed by atoms with Gasteiger partial charge in [0.25, 0.3) is 0 Å². The summed E-state index contributed by atoms with van der Waals surface area (Å²) in [5.41, 5.74) is 0. The molecule has 0 amide bonds. The molecule has 4 nitrogen and oxygen atoms in total. The van der Waals surface area contributed by atoms with Crippen molar-refractivity contribution in [1.29, 1.82) is 0 Å². The zero-order valence-electron chi connectivity index (χ0n) is 5.33. The lowest BCUT2D eigenvalue weighted by Gasteiger charge is -1.89. The molecule has 0 aliphatic carbocycles. The second-order valence-corrected chi connectivity index (χ2v) is 1.66. The third-order valence-corrected chi connectivity index (χ3v) is 0.972. The highest BCUT2D eigenvalue weighted by atomic mass is 16.5. The van der Waals surface area contributed by atoms with Gasteiger partial charge in [-0.1, -0.05) is 0 Å². The van der Waals surface area contributed by atoms with Crippen molar-refractivity contribution in [3.63, 3.8) is 0 Å². The first-order chi connectivity index (χ1) is 4.74. The average molecular weight is 142 g/mol. The summed E-state index contributed by atoms with van der Waals surface area (Å²) in [5, 5.41) is 8.70. The molecule has 0 radical (unpaired) electrons. The summed E-state index contributed by atoms with van der Waals surface area (Å²) in [6, 6.07) is 1.19. The molecule has 0 aliphatic heterocycles. The van der Waals surface area contributed by atoms with E-state index in [0.717, 1.165) is 6.26 Å². The summed E-state index contributed by atoms with van der Waals surface area (Å²) in [6.45, 7) is 0. The first-order valence-electron chi connectivity index (χ1n) is 2.60. The maximum Gasteiger partial charge on any atom is 0.374 e. The van der Waals surface area contributed by atoms with Crippen LogP contribution >= 0.6 is 0 Å². The molecule has 0 bridgehead atoms. The van der Waals surface area contributed by atoms with Crippen LogP contribution in [-0.4, -0.2) is 18.2 Å². The maximum atomic E-state index is 10.6. The van der Waals surface area contributed by atoms with Crippen LogP contribution in [0.15, 0.2) is 16.7 Å². The van der Waals surface area contributed by atoms with Crippen molar-refractivity contribution in [3.05, 3.63) is 18.1 Å². The van der Waals surface area contributed by atoms with Crippen LogP contribution in [0.2, 0.25) is 0 Å². The Kier molecular flexibility index (Phi) is 1.62. The fraction of sp³-hybridized carbons (Fsp3) is 0.167. The van der Waals surface area contributed by atoms with Gasteiger partial charge in [0.2, 0.25) is 5.76 Å². The Morgan fingerprint density at radius 3 is 2.90 bits per heavy atom. The van der Waals surface area contributed by atoms with Crippen LogP contribution in [0, 0.1) is 0 Å². The van der Waals surface area contributed by atoms with Crippen molar-refractivity contribution in [3.8, 4) is 5.75 Å². The number of aromatic hydroxyl groups is 1. The molecular formula is C6H6O4. The van der Waals surface area contributed by atoms with E-state index in [1.165, 1.54) is 13.2 Å². The molecule has 0 saturated heterocycles. The highest BCUT2D eigenvalue weighted by molar-refractivity contribution is 5.86. The fourth-order valence-corrected chi connectivity index (χ4v) is 0.534. The summed E-state index contributed by atoms with van der Waals surface area (Å²) in [5.74, 6) is -0.680. The van der Waals surface area contributed by atoms with E-state index < -0.39 is 5.97 Å². The van der Waals surface area contributed by atoms with Crippen molar-refractivity contribution < 1.29 is 19.1 Å². The molecule has 1 aromatic heterocycles. The molecule has 0 fully saturated rings. The first-order valence-corrected chi connectivity index (χ1v) is 2.60. The minimum atomic E-state index is -0.597. The number of ether oxygens (including phenoxy) is 1. The molecule has 0 saturated carbocycles. The lowest BCUT2D eigenvalue weighted by molar-refractivity contribution is 0.0565. The molecule has 0 aromatic carbocycles. The Bertz CT molecular complexity index is 238. The Morgan fingerprint density at radius 1 is 1.80 bits per heavy atom. The van der Waals surface area contributed by atoms with Gasteiger partial charge in [-0.3, -0.25) is 0 Å². The molecule has 0 atom stereocenters. The fourth-order valence-electron chi connectivity index (χ4n) is 0.534. The van der Waals surface area contributed by atoms with Crippen molar-refractivity contribution in [2.75, 3.05) is 7.11 Å². The minimum Gasteiger partial charge on any atom is -0.505 e. The van der Waals surface area contributed by atoms with Crippen molar-refractivity contribution in [2.24, 2.45) is 0 Å². The number of hydrogen-bond acceptors (Lipinski definition) is 4. The Balaban J connectivity index is 2.85. The largest absolute Gasteiger partial charge is 0.505 e. The van der Waals surface area contributed by atoms with Gasteiger partial charge >= 0.3 is 5.97 Å². The van der Waals surface area contributed by atoms with Crippen LogP contribution in [0.5, 0.6) is 5.75 Å². The topological polar surface area (TPSA) is 59.7 Å². The molecule has 1 N–H and O–H groups in total. The molecule has 0 spiro atoms. The molecule has 54 valence electrons. The molecular weight excluding hydrogens is 136 g/mol. The highest BCUT2D eigenvalue weighted by Gasteiger charge is 2.09. The van der Waals surface area contributed by atoms with Gasteiger partial charge in [0.1, 0.15) is 6.26 Å². The van der Waals surface area contributed by atoms with Gasteiger partial charge in [0.05, 0.1) is 7.11 Å². The van der Waals surface area contributed by atoms with Gasteiger partial charge in [-0.15, -0.1) is 0 Å². The molecule has 1 aromatic rings. The van der Waals surface area contributed by atoms with Gasteiger partial charge in [0, 0.05) is 6.07 Å². The van der Waals surface area contributed by atoms with Crippen LogP contribution in [0.25, 0.3) is 0 Å². The summed E-state index contributed by atoms with van der Waals surface area (Å²) in [7, 11) is 1.24. The zero-order chi connectivity index (χ0) is 7.56. The summed E-state index contributed by atoms with van der Waals surface area (Å²) < 4.78 is 8.90. The van der Waals surface area contributed by atoms with E-state index in [-0.39, 0.29) is 11.5 Å². The zero-order valence-corrected chi connectivity index (χ0v) is 5.33. The standard InChI is InChI=1S/C6H6O4/c1-9-6(8)5-2-4(7)3-10-5/h2-3,7H,1H3. The lowest BCUT2D eigenvalue weighted by Crippen LogP contribution is -1.97. The molecule has 10 heavy (non-hydrogen) atoms. The molecule has 1 heterocycles. The second kappa shape index (κ2) is 2.43. The van der Waals surface area contributed by atoms with Crippen LogP contribution in [0.1, 0.15) is 10.6 Å². The summed E-state index contributed by atoms with van der Waals surface area (Å²) in [6.07, 6.45) is 1.06. The number of hydrogen-bond donors (Lipinski definition) is 1. The van der Waals surface area contributed by atoms with Gasteiger partial charge < -0.3 is 14.3 Å². The van der Waals surface area contributed by atoms with E-state index in [9.17, 15) is 4.79 Å². The van der Waals surface area contributed by atoms with E-state index >= 15 is 0 Å². The minimum absolute atomic E-state index is 0.000000000000000444. The highest BCUT2D eigenvalue weighted by Crippen LogP contribution is 2.13. The Labute approximate surface area is 57.0 Å². The average Bonchev–Trinajstić information content (AvgIpc) is 2.34. The van der Waals surface area contributed by atoms with Crippen molar-refractivity contribution in [2.45, 2.75) is 0 Å². The SMILES string of the molecule is COC(=O)c1cc(O)co1. The van der Waals surface area contributed by atoms with Gasteiger partial charge in [-0.2, -0.15) is 0 Å². The van der Waals surface area contributed by atoms with E-state index in [4.69, 9.17) is 5.11 Å². The van der Waals surface area contributed by atoms with Crippen molar-refractivity contribution >= 4 is 5.97 Å². The lowest BCUT2D eigenvalue weighted by atomic mass is 10.4. The maximum absolute atomic E-state index is 10.6. The summed E-state index contributed by atoms with van der Waals surface area (Å²) in [4.78, 5) is 10.6. The summed E-state index contributed by atoms with van der Waals surface area (Å²) >= 11 is 0. The molecule has 4 heteroatoms. The Morgan fingerprint density at radius 2 is 2.50 bits per heavy atom. The Hall–Kier alpha value is -1.45. The number of rotatable bonds is 1. The van der Waals surface area contributed by atoms with Crippen LogP contribution in [-0.2, 0) is 4.74 Å². The molecule has 0 aliphatic rings. The molecule has 1 rings (SSSR count). The quantitative estimate of drug-likeness (QED) is 0.588. The predicted octanol–water partition coefficient (Wildman–Crippen LogP) is 0.772. The molecule has 0 unspecified atom stereocenters. The van der Waals surface area contributed by atoms with Crippen LogP contribution < -0.4 is 0 Å². The van der Waals surface area contributed by atoms with E-state index in [2.05, 4.69) is 9.15 Å². The third-order valence-electron chi connectivity index (χ3n) is 0.972. The number of carbonyl (C=O) groups is 1.